The van der Waals surface area contributed by atoms with E-state index in [1.807, 2.05) is 18.5 Å². The van der Waals surface area contributed by atoms with Crippen molar-refractivity contribution >= 4 is 24.0 Å². The van der Waals surface area contributed by atoms with Gasteiger partial charge in [-0.3, -0.25) is 4.21 Å². The number of thiol groups is 1. The van der Waals surface area contributed by atoms with Crippen molar-refractivity contribution in [3.63, 3.8) is 0 Å². The first-order valence-electron chi connectivity index (χ1n) is 10.9. The van der Waals surface area contributed by atoms with Gasteiger partial charge in [-0.05, 0) is 77.1 Å². The van der Waals surface area contributed by atoms with E-state index in [0.717, 1.165) is 63.1 Å². The first-order chi connectivity index (χ1) is 14.5. The molecular weight excluding hydrogens is 415 g/mol. The third kappa shape index (κ3) is 5.57. The molecule has 1 aromatic carbocycles. The van der Waals surface area contributed by atoms with Gasteiger partial charge in [-0.25, -0.2) is 14.3 Å². The lowest BCUT2D eigenvalue weighted by Gasteiger charge is -2.34. The first kappa shape index (κ1) is 21.7. The Kier molecular flexibility index (Phi) is 7.01. The monoisotopic (exact) mass is 448 g/mol. The Bertz CT molecular complexity index is 884. The fraction of sp³-hybridized carbons (Fsp3) is 0.545. The smallest absolute Gasteiger partial charge is 0.131 e. The van der Waals surface area contributed by atoms with Crippen LogP contribution in [-0.4, -0.2) is 51.0 Å². The highest BCUT2D eigenvalue weighted by atomic mass is 32.8. The molecule has 0 aliphatic carbocycles. The second-order valence-corrected chi connectivity index (χ2v) is 13.8. The number of benzene rings is 1. The van der Waals surface area contributed by atoms with Gasteiger partial charge in [-0.1, -0.05) is 14.5 Å². The summed E-state index contributed by atoms with van der Waals surface area (Å²) in [7, 11) is 0.262. The van der Waals surface area contributed by atoms with Crippen LogP contribution in [0.1, 0.15) is 36.8 Å². The highest BCUT2D eigenvalue weighted by Gasteiger charge is 2.22. The van der Waals surface area contributed by atoms with Gasteiger partial charge >= 0.3 is 0 Å². The van der Waals surface area contributed by atoms with E-state index in [1.54, 1.807) is 6.33 Å². The fourth-order valence-electron chi connectivity index (χ4n) is 4.43. The molecule has 4 rings (SSSR count). The molecule has 2 aliphatic heterocycles. The van der Waals surface area contributed by atoms with Gasteiger partial charge in [-0.2, -0.15) is 0 Å². The predicted molar refractivity (Wildman–Crippen MR) is 127 cm³/mol. The third-order valence-corrected chi connectivity index (χ3v) is 8.71. The molecule has 0 amide bonds. The summed E-state index contributed by atoms with van der Waals surface area (Å²) in [6, 6.07) is 8.37. The van der Waals surface area contributed by atoms with E-state index in [4.69, 9.17) is 4.74 Å². The molecular formula is C22H33N4O2PS. The molecule has 1 fully saturated rings. The van der Waals surface area contributed by atoms with Crippen LogP contribution in [0.4, 0.5) is 5.82 Å². The Morgan fingerprint density at radius 3 is 2.77 bits per heavy atom. The van der Waals surface area contributed by atoms with Crippen LogP contribution in [-0.2, 0) is 22.7 Å². The lowest BCUT2D eigenvalue weighted by molar-refractivity contribution is 0.278. The lowest BCUT2D eigenvalue weighted by atomic mass is 9.92. The molecule has 6 nitrogen and oxygen atoms in total. The van der Waals surface area contributed by atoms with Gasteiger partial charge in [0.2, 0.25) is 0 Å². The van der Waals surface area contributed by atoms with E-state index in [2.05, 4.69) is 45.8 Å². The van der Waals surface area contributed by atoms with Gasteiger partial charge in [0.1, 0.15) is 17.9 Å². The van der Waals surface area contributed by atoms with Crippen molar-refractivity contribution in [3.05, 3.63) is 47.9 Å². The van der Waals surface area contributed by atoms with Crippen LogP contribution in [0.15, 0.2) is 36.8 Å². The average molecular weight is 449 g/mol. The summed E-state index contributed by atoms with van der Waals surface area (Å²) < 4.78 is 20.4. The molecule has 0 spiro atoms. The average Bonchev–Trinajstić information content (AvgIpc) is 2.77. The molecule has 30 heavy (non-hydrogen) atoms. The van der Waals surface area contributed by atoms with Crippen LogP contribution in [0.3, 0.4) is 0 Å². The molecule has 0 N–H and O–H groups in total. The number of hydrogen-bond donors (Lipinski definition) is 1. The Morgan fingerprint density at radius 2 is 2.03 bits per heavy atom. The number of anilines is 1. The van der Waals surface area contributed by atoms with Crippen LogP contribution >= 0.6 is 8.44 Å². The van der Waals surface area contributed by atoms with Gasteiger partial charge in [-0.15, -0.1) is 0 Å². The summed E-state index contributed by atoms with van der Waals surface area (Å²) in [4.78, 5) is 10.7. The van der Waals surface area contributed by atoms with Crippen molar-refractivity contribution in [2.24, 2.45) is 5.92 Å². The lowest BCUT2D eigenvalue weighted by Crippen LogP contribution is -2.36. The molecule has 1 saturated heterocycles. The van der Waals surface area contributed by atoms with Crippen LogP contribution in [0, 0.1) is 5.92 Å². The molecule has 0 bridgehead atoms. The second kappa shape index (κ2) is 9.71. The van der Waals surface area contributed by atoms with Crippen LogP contribution < -0.4 is 9.64 Å². The summed E-state index contributed by atoms with van der Waals surface area (Å²) >= 11 is 0. The normalized spacial score (nSPS) is 18.8. The third-order valence-electron chi connectivity index (χ3n) is 6.26. The maximum Gasteiger partial charge on any atom is 0.131 e. The largest absolute Gasteiger partial charge is 0.494 e. The number of fused-ring (bicyclic) bond motifs is 1. The van der Waals surface area contributed by atoms with Crippen molar-refractivity contribution in [2.75, 3.05) is 37.4 Å². The Morgan fingerprint density at radius 1 is 1.20 bits per heavy atom. The molecule has 0 saturated carbocycles. The molecule has 1 unspecified atom stereocenters. The molecule has 1 atom stereocenters. The van der Waals surface area contributed by atoms with Gasteiger partial charge in [0.05, 0.1) is 6.61 Å². The highest BCUT2D eigenvalue weighted by Crippen LogP contribution is 2.29. The molecule has 0 radical (unpaired) electrons. The number of piperidine rings is 1. The number of ether oxygens (including phenoxy) is 1. The van der Waals surface area contributed by atoms with Crippen molar-refractivity contribution in [3.8, 4) is 5.75 Å². The molecule has 1 aromatic heterocycles. The van der Waals surface area contributed by atoms with Crippen LogP contribution in [0.5, 0.6) is 5.75 Å². The van der Waals surface area contributed by atoms with E-state index in [-0.39, 0.29) is 0 Å². The number of aromatic nitrogens is 2. The van der Waals surface area contributed by atoms with E-state index >= 15 is 0 Å². The molecule has 8 heteroatoms. The Labute approximate surface area is 182 Å². The van der Waals surface area contributed by atoms with Gasteiger partial charge in [0.15, 0.2) is 0 Å². The zero-order chi connectivity index (χ0) is 21.0. The van der Waals surface area contributed by atoms with Gasteiger partial charge in [0, 0.05) is 38.6 Å². The number of nitrogens with zero attached hydrogens (tertiary/aromatic N) is 4. The summed E-state index contributed by atoms with van der Waals surface area (Å²) in [6.07, 6.45) is 10.9. The minimum absolute atomic E-state index is 0.764. The first-order valence-corrected chi connectivity index (χ1v) is 14.6. The minimum Gasteiger partial charge on any atom is -0.494 e. The van der Waals surface area contributed by atoms with Crippen molar-refractivity contribution in [2.45, 2.75) is 38.6 Å². The van der Waals surface area contributed by atoms with E-state index < -0.39 is 9.74 Å². The number of rotatable bonds is 7. The zero-order valence-electron chi connectivity index (χ0n) is 17.7. The SMILES string of the molecule is C[SH](=O)(P)N1CCc2cc(OCCCC3CCN(c4ccncn4)CC3)ccc2C1. The Hall–Kier alpha value is -1.56. The highest BCUT2D eigenvalue weighted by molar-refractivity contribution is 8.43. The van der Waals surface area contributed by atoms with E-state index in [9.17, 15) is 4.21 Å². The maximum atomic E-state index is 12.3. The quantitative estimate of drug-likeness (QED) is 0.400. The summed E-state index contributed by atoms with van der Waals surface area (Å²) in [5.74, 6) is 2.78. The summed E-state index contributed by atoms with van der Waals surface area (Å²) in [5, 5.41) is 0. The standard InChI is InChI=1S/C22H33N4O2PS/c1-30(27,29)26-13-9-19-15-21(5-4-20(19)16-26)28-14-2-3-18-7-11-25(12-8-18)22-6-10-23-17-24-22/h4-6,10,15,17-18,30H,2-3,7-9,11-14,16,29H2,1H3. The molecule has 2 aromatic rings. The van der Waals surface area contributed by atoms with Crippen LogP contribution in [0.25, 0.3) is 0 Å². The predicted octanol–water partition coefficient (Wildman–Crippen LogP) is 3.26. The van der Waals surface area contributed by atoms with Gasteiger partial charge < -0.3 is 9.64 Å². The molecule has 2 aliphatic rings. The van der Waals surface area contributed by atoms with Crippen LogP contribution in [0.2, 0.25) is 0 Å². The van der Waals surface area contributed by atoms with Gasteiger partial charge in [0.25, 0.3) is 0 Å². The van der Waals surface area contributed by atoms with Crippen molar-refractivity contribution < 1.29 is 8.95 Å². The minimum atomic E-state index is -2.26. The fourth-order valence-corrected chi connectivity index (χ4v) is 5.95. The summed E-state index contributed by atoms with van der Waals surface area (Å²) in [5.41, 5.74) is 2.60. The summed E-state index contributed by atoms with van der Waals surface area (Å²) in [6.45, 7) is 4.53. The Balaban J connectivity index is 1.18. The topological polar surface area (TPSA) is 58.6 Å². The zero-order valence-corrected chi connectivity index (χ0v) is 19.8. The molecule has 164 valence electrons. The maximum absolute atomic E-state index is 12.3. The molecule has 3 heterocycles. The second-order valence-electron chi connectivity index (χ2n) is 8.50. The van der Waals surface area contributed by atoms with E-state index in [1.165, 1.54) is 30.4 Å². The number of hydrogen-bond acceptors (Lipinski definition) is 5. The van der Waals surface area contributed by atoms with Crippen molar-refractivity contribution in [1.82, 2.24) is 14.3 Å². The van der Waals surface area contributed by atoms with E-state index in [0.29, 0.717) is 0 Å². The van der Waals surface area contributed by atoms with Crippen molar-refractivity contribution in [1.29, 1.82) is 0 Å².